The smallest absolute Gasteiger partial charge is 0.0940 e. The highest BCUT2D eigenvalue weighted by atomic mass is 15.1. The molecule has 2 N–H and O–H groups in total. The monoisotopic (exact) mass is 184 g/mol. The van der Waals surface area contributed by atoms with Gasteiger partial charge in [0.15, 0.2) is 0 Å². The fourth-order valence-corrected chi connectivity index (χ4v) is 0.907. The molecule has 0 aromatic carbocycles. The van der Waals surface area contributed by atoms with Crippen molar-refractivity contribution in [1.29, 1.82) is 5.26 Å². The van der Waals surface area contributed by atoms with Crippen LogP contribution < -0.4 is 5.73 Å². The molecule has 4 nitrogen and oxygen atoms in total. The van der Waals surface area contributed by atoms with Crippen LogP contribution in [-0.2, 0) is 0 Å². The third-order valence-electron chi connectivity index (χ3n) is 1.92. The summed E-state index contributed by atoms with van der Waals surface area (Å²) in [6.45, 7) is 2.95. The molecule has 0 heterocycles. The molecule has 13 heavy (non-hydrogen) atoms. The van der Waals surface area contributed by atoms with Gasteiger partial charge in [0, 0.05) is 19.6 Å². The summed E-state index contributed by atoms with van der Waals surface area (Å²) < 4.78 is 0. The first-order chi connectivity index (χ1) is 6.06. The second-order valence-electron chi connectivity index (χ2n) is 3.63. The van der Waals surface area contributed by atoms with Gasteiger partial charge in [-0.1, -0.05) is 0 Å². The van der Waals surface area contributed by atoms with Crippen LogP contribution in [0.4, 0.5) is 0 Å². The first-order valence-electron chi connectivity index (χ1n) is 4.54. The molecule has 0 radical (unpaired) electrons. The normalized spacial score (nSPS) is 13.3. The van der Waals surface area contributed by atoms with Crippen molar-refractivity contribution in [2.75, 3.05) is 40.8 Å². The van der Waals surface area contributed by atoms with Crippen molar-refractivity contribution >= 4 is 0 Å². The Kier molecular flexibility index (Phi) is 6.51. The molecule has 1 atom stereocenters. The van der Waals surface area contributed by atoms with E-state index in [1.165, 1.54) is 0 Å². The van der Waals surface area contributed by atoms with E-state index in [-0.39, 0.29) is 6.04 Å². The third kappa shape index (κ3) is 7.72. The summed E-state index contributed by atoms with van der Waals surface area (Å²) in [4.78, 5) is 4.33. The Hall–Kier alpha value is -0.630. The number of nitriles is 1. The lowest BCUT2D eigenvalue weighted by atomic mass is 10.2. The van der Waals surface area contributed by atoms with Crippen molar-refractivity contribution < 1.29 is 0 Å². The molecule has 0 aliphatic heterocycles. The second-order valence-corrected chi connectivity index (χ2v) is 3.63. The van der Waals surface area contributed by atoms with E-state index in [1.807, 2.05) is 13.1 Å². The zero-order valence-corrected chi connectivity index (χ0v) is 8.82. The number of hydrogen-bond donors (Lipinski definition) is 1. The topological polar surface area (TPSA) is 56.3 Å². The van der Waals surface area contributed by atoms with Crippen LogP contribution in [-0.4, -0.2) is 56.6 Å². The SMILES string of the molecule is CN(C)CCN(C)CCC(N)C#N. The zero-order chi connectivity index (χ0) is 10.3. The largest absolute Gasteiger partial charge is 0.316 e. The van der Waals surface area contributed by atoms with E-state index >= 15 is 0 Å². The Labute approximate surface area is 80.9 Å². The Morgan fingerprint density at radius 2 is 1.85 bits per heavy atom. The van der Waals surface area contributed by atoms with Gasteiger partial charge in [-0.3, -0.25) is 0 Å². The van der Waals surface area contributed by atoms with E-state index < -0.39 is 0 Å². The van der Waals surface area contributed by atoms with Crippen LogP contribution in [0.1, 0.15) is 6.42 Å². The molecule has 4 heteroatoms. The van der Waals surface area contributed by atoms with Crippen LogP contribution in [0, 0.1) is 11.3 Å². The van der Waals surface area contributed by atoms with E-state index in [0.29, 0.717) is 0 Å². The van der Waals surface area contributed by atoms with E-state index in [0.717, 1.165) is 26.1 Å². The molecule has 0 amide bonds. The predicted molar refractivity (Wildman–Crippen MR) is 54.3 cm³/mol. The van der Waals surface area contributed by atoms with Crippen LogP contribution in [0.3, 0.4) is 0 Å². The Bertz CT molecular complexity index is 161. The van der Waals surface area contributed by atoms with E-state index in [2.05, 4.69) is 23.9 Å². The van der Waals surface area contributed by atoms with Gasteiger partial charge >= 0.3 is 0 Å². The fourth-order valence-electron chi connectivity index (χ4n) is 0.907. The van der Waals surface area contributed by atoms with Gasteiger partial charge in [0.1, 0.15) is 0 Å². The van der Waals surface area contributed by atoms with Crippen molar-refractivity contribution in [2.24, 2.45) is 5.73 Å². The molecule has 0 spiro atoms. The molecule has 0 bridgehead atoms. The molecule has 76 valence electrons. The first kappa shape index (κ1) is 12.4. The van der Waals surface area contributed by atoms with E-state index in [4.69, 9.17) is 11.0 Å². The van der Waals surface area contributed by atoms with Gasteiger partial charge in [-0.2, -0.15) is 5.26 Å². The maximum absolute atomic E-state index is 8.46. The van der Waals surface area contributed by atoms with Crippen LogP contribution in [0.5, 0.6) is 0 Å². The van der Waals surface area contributed by atoms with Crippen LogP contribution in [0.2, 0.25) is 0 Å². The standard InChI is InChI=1S/C9H20N4/c1-12(2)6-7-13(3)5-4-9(11)8-10/h9H,4-7,11H2,1-3H3. The van der Waals surface area contributed by atoms with Gasteiger partial charge in [-0.05, 0) is 27.6 Å². The number of hydrogen-bond acceptors (Lipinski definition) is 4. The molecule has 0 saturated carbocycles. The highest BCUT2D eigenvalue weighted by Gasteiger charge is 2.03. The van der Waals surface area contributed by atoms with E-state index in [1.54, 1.807) is 0 Å². The lowest BCUT2D eigenvalue weighted by Crippen LogP contribution is -2.32. The van der Waals surface area contributed by atoms with Crippen molar-refractivity contribution in [2.45, 2.75) is 12.5 Å². The van der Waals surface area contributed by atoms with Crippen molar-refractivity contribution in [3.05, 3.63) is 0 Å². The molecular weight excluding hydrogens is 164 g/mol. The average molecular weight is 184 g/mol. The Balaban J connectivity index is 3.41. The Morgan fingerprint density at radius 1 is 1.23 bits per heavy atom. The summed E-state index contributed by atoms with van der Waals surface area (Å²) in [5, 5.41) is 8.46. The minimum atomic E-state index is -0.318. The highest BCUT2D eigenvalue weighted by Crippen LogP contribution is 1.91. The maximum atomic E-state index is 8.46. The molecule has 0 rings (SSSR count). The quantitative estimate of drug-likeness (QED) is 0.617. The summed E-state index contributed by atoms with van der Waals surface area (Å²) in [6, 6.07) is 1.71. The number of likely N-dealkylation sites (N-methyl/N-ethyl adjacent to an activating group) is 2. The van der Waals surface area contributed by atoms with Crippen molar-refractivity contribution in [3.8, 4) is 6.07 Å². The summed E-state index contributed by atoms with van der Waals surface area (Å²) >= 11 is 0. The van der Waals surface area contributed by atoms with Gasteiger partial charge < -0.3 is 15.5 Å². The summed E-state index contributed by atoms with van der Waals surface area (Å²) in [7, 11) is 6.15. The van der Waals surface area contributed by atoms with Gasteiger partial charge in [0.25, 0.3) is 0 Å². The van der Waals surface area contributed by atoms with Crippen LogP contribution in [0.15, 0.2) is 0 Å². The predicted octanol–water partition coefficient (Wildman–Crippen LogP) is -0.279. The van der Waals surface area contributed by atoms with E-state index in [9.17, 15) is 0 Å². The molecular formula is C9H20N4. The molecule has 0 saturated heterocycles. The summed E-state index contributed by atoms with van der Waals surface area (Å²) in [5.41, 5.74) is 5.48. The molecule has 0 aromatic rings. The Morgan fingerprint density at radius 3 is 2.31 bits per heavy atom. The fraction of sp³-hybridized carbons (Fsp3) is 0.889. The van der Waals surface area contributed by atoms with Crippen LogP contribution >= 0.6 is 0 Å². The van der Waals surface area contributed by atoms with Gasteiger partial charge in [-0.25, -0.2) is 0 Å². The molecule has 0 aromatic heterocycles. The van der Waals surface area contributed by atoms with Gasteiger partial charge in [-0.15, -0.1) is 0 Å². The molecule has 1 unspecified atom stereocenters. The number of nitrogens with two attached hydrogens (primary N) is 1. The van der Waals surface area contributed by atoms with Gasteiger partial charge in [0.2, 0.25) is 0 Å². The molecule has 0 fully saturated rings. The average Bonchev–Trinajstić information content (AvgIpc) is 2.10. The van der Waals surface area contributed by atoms with Crippen LogP contribution in [0.25, 0.3) is 0 Å². The zero-order valence-electron chi connectivity index (χ0n) is 8.82. The maximum Gasteiger partial charge on any atom is 0.0940 e. The lowest BCUT2D eigenvalue weighted by molar-refractivity contribution is 0.277. The molecule has 0 aliphatic carbocycles. The van der Waals surface area contributed by atoms with Crippen molar-refractivity contribution in [3.63, 3.8) is 0 Å². The second kappa shape index (κ2) is 6.84. The highest BCUT2D eigenvalue weighted by molar-refractivity contribution is 4.86. The minimum absolute atomic E-state index is 0.318. The van der Waals surface area contributed by atoms with Crippen molar-refractivity contribution in [1.82, 2.24) is 9.80 Å². The number of nitrogens with zero attached hydrogens (tertiary/aromatic N) is 3. The first-order valence-corrected chi connectivity index (χ1v) is 4.54. The number of rotatable bonds is 6. The lowest BCUT2D eigenvalue weighted by Gasteiger charge is -2.19. The summed E-state index contributed by atoms with van der Waals surface area (Å²) in [6.07, 6.45) is 0.750. The van der Waals surface area contributed by atoms with Gasteiger partial charge in [0.05, 0.1) is 12.1 Å². The third-order valence-corrected chi connectivity index (χ3v) is 1.92. The minimum Gasteiger partial charge on any atom is -0.316 e. The molecule has 0 aliphatic rings. The summed E-state index contributed by atoms with van der Waals surface area (Å²) in [5.74, 6) is 0.